The van der Waals surface area contributed by atoms with Crippen molar-refractivity contribution in [1.29, 1.82) is 0 Å². The average molecular weight is 326 g/mol. The molecule has 1 atom stereocenters. The van der Waals surface area contributed by atoms with Crippen molar-refractivity contribution in [3.63, 3.8) is 0 Å². The van der Waals surface area contributed by atoms with Crippen molar-refractivity contribution in [2.45, 2.75) is 19.4 Å². The molecule has 23 heavy (non-hydrogen) atoms. The number of benzene rings is 1. The molecule has 1 aromatic carbocycles. The molecule has 0 saturated carbocycles. The molecule has 6 heteroatoms. The zero-order valence-corrected chi connectivity index (χ0v) is 13.9. The van der Waals surface area contributed by atoms with E-state index >= 15 is 0 Å². The molecule has 3 heterocycles. The number of aromatic nitrogens is 3. The van der Waals surface area contributed by atoms with Crippen LogP contribution in [0.3, 0.4) is 0 Å². The van der Waals surface area contributed by atoms with Gasteiger partial charge < -0.3 is 10.1 Å². The van der Waals surface area contributed by atoms with Gasteiger partial charge in [0.1, 0.15) is 5.75 Å². The number of hydrogen-bond acceptors (Lipinski definition) is 5. The molecule has 0 aliphatic carbocycles. The highest BCUT2D eigenvalue weighted by atomic mass is 32.2. The molecule has 0 bridgehead atoms. The van der Waals surface area contributed by atoms with Crippen LogP contribution in [0.1, 0.15) is 24.2 Å². The predicted molar refractivity (Wildman–Crippen MR) is 93.3 cm³/mol. The molecule has 1 aliphatic rings. The first kappa shape index (κ1) is 14.5. The Hall–Kier alpha value is -2.05. The summed E-state index contributed by atoms with van der Waals surface area (Å²) in [6.45, 7) is 3.25. The van der Waals surface area contributed by atoms with Crippen molar-refractivity contribution >= 4 is 23.0 Å². The summed E-state index contributed by atoms with van der Waals surface area (Å²) >= 11 is 1.78. The van der Waals surface area contributed by atoms with Gasteiger partial charge in [0.25, 0.3) is 0 Å². The van der Waals surface area contributed by atoms with E-state index in [0.717, 1.165) is 24.0 Å². The normalized spacial score (nSPS) is 18.3. The highest BCUT2D eigenvalue weighted by Crippen LogP contribution is 2.38. The maximum Gasteiger partial charge on any atom is 0.160 e. The standard InChI is InChI=1S/C17H18N4OS/c1-10-16-12-9-14(11-5-3-4-6-15(11)22)19-20-17(12)18-13(16)7-8-21(10)23-2/h3-6,9-10,22H,7-8H2,1-2H3,(H,18,20)/t10-/m0/s1. The summed E-state index contributed by atoms with van der Waals surface area (Å²) in [4.78, 5) is 3.41. The fourth-order valence-electron chi connectivity index (χ4n) is 3.37. The zero-order chi connectivity index (χ0) is 16.0. The SMILES string of the molecule is CSN1CCc2[nH]c3nnc(-c4ccccc4O)cc3c2[C@@H]1C. The summed E-state index contributed by atoms with van der Waals surface area (Å²) in [5, 5.41) is 19.8. The molecule has 0 fully saturated rings. The van der Waals surface area contributed by atoms with E-state index in [9.17, 15) is 5.11 Å². The topological polar surface area (TPSA) is 65.0 Å². The van der Waals surface area contributed by atoms with Gasteiger partial charge in [0.15, 0.2) is 5.65 Å². The summed E-state index contributed by atoms with van der Waals surface area (Å²) in [6.07, 6.45) is 3.10. The Labute approximate surface area is 138 Å². The van der Waals surface area contributed by atoms with Crippen molar-refractivity contribution in [3.8, 4) is 17.0 Å². The van der Waals surface area contributed by atoms with E-state index < -0.39 is 0 Å². The van der Waals surface area contributed by atoms with Gasteiger partial charge in [-0.05, 0) is 31.4 Å². The zero-order valence-electron chi connectivity index (χ0n) is 13.1. The van der Waals surface area contributed by atoms with Gasteiger partial charge in [-0.15, -0.1) is 10.2 Å². The number of phenols is 1. The highest BCUT2D eigenvalue weighted by molar-refractivity contribution is 7.96. The van der Waals surface area contributed by atoms with E-state index in [-0.39, 0.29) is 5.75 Å². The molecule has 2 aromatic heterocycles. The average Bonchev–Trinajstić information content (AvgIpc) is 2.94. The van der Waals surface area contributed by atoms with Gasteiger partial charge in [-0.2, -0.15) is 0 Å². The van der Waals surface area contributed by atoms with E-state index in [1.165, 1.54) is 11.3 Å². The fraction of sp³-hybridized carbons (Fsp3) is 0.294. The fourth-order valence-corrected chi connectivity index (χ4v) is 4.06. The summed E-state index contributed by atoms with van der Waals surface area (Å²) < 4.78 is 2.38. The Morgan fingerprint density at radius 3 is 2.91 bits per heavy atom. The lowest BCUT2D eigenvalue weighted by atomic mass is 9.99. The largest absolute Gasteiger partial charge is 0.507 e. The minimum absolute atomic E-state index is 0.226. The number of hydrogen-bond donors (Lipinski definition) is 2. The molecule has 1 aliphatic heterocycles. The van der Waals surface area contributed by atoms with E-state index in [2.05, 4.69) is 32.7 Å². The molecule has 2 N–H and O–H groups in total. The van der Waals surface area contributed by atoms with Crippen LogP contribution in [0, 0.1) is 0 Å². The van der Waals surface area contributed by atoms with Crippen LogP contribution in [0.2, 0.25) is 0 Å². The monoisotopic (exact) mass is 326 g/mol. The molecule has 0 spiro atoms. The van der Waals surface area contributed by atoms with Gasteiger partial charge in [-0.3, -0.25) is 0 Å². The Morgan fingerprint density at radius 2 is 2.13 bits per heavy atom. The van der Waals surface area contributed by atoms with Gasteiger partial charge >= 0.3 is 0 Å². The van der Waals surface area contributed by atoms with Gasteiger partial charge in [-0.1, -0.05) is 24.1 Å². The number of H-pyrrole nitrogens is 1. The number of nitrogens with one attached hydrogen (secondary N) is 1. The summed E-state index contributed by atoms with van der Waals surface area (Å²) in [5.74, 6) is 0.226. The van der Waals surface area contributed by atoms with E-state index in [1.807, 2.05) is 18.2 Å². The van der Waals surface area contributed by atoms with Crippen LogP contribution in [-0.2, 0) is 6.42 Å². The van der Waals surface area contributed by atoms with Crippen molar-refractivity contribution in [1.82, 2.24) is 19.5 Å². The Kier molecular flexibility index (Phi) is 3.50. The van der Waals surface area contributed by atoms with Crippen LogP contribution in [0.4, 0.5) is 0 Å². The second kappa shape index (κ2) is 5.54. The second-order valence-electron chi connectivity index (χ2n) is 5.78. The molecular formula is C17H18N4OS. The first-order valence-corrected chi connectivity index (χ1v) is 8.84. The lowest BCUT2D eigenvalue weighted by Crippen LogP contribution is -2.27. The van der Waals surface area contributed by atoms with Gasteiger partial charge in [0, 0.05) is 41.2 Å². The number of fused-ring (bicyclic) bond motifs is 3. The first-order chi connectivity index (χ1) is 11.2. The molecule has 4 rings (SSSR count). The number of rotatable bonds is 2. The minimum Gasteiger partial charge on any atom is -0.507 e. The molecule has 0 radical (unpaired) electrons. The maximum absolute atomic E-state index is 10.1. The van der Waals surface area contributed by atoms with Crippen molar-refractivity contribution < 1.29 is 5.11 Å². The molecule has 0 saturated heterocycles. The smallest absolute Gasteiger partial charge is 0.160 e. The van der Waals surface area contributed by atoms with Crippen LogP contribution in [0.5, 0.6) is 5.75 Å². The molecule has 5 nitrogen and oxygen atoms in total. The Bertz CT molecular complexity index is 876. The van der Waals surface area contributed by atoms with Gasteiger partial charge in [-0.25, -0.2) is 4.31 Å². The van der Waals surface area contributed by atoms with E-state index in [1.54, 1.807) is 24.1 Å². The third kappa shape index (κ3) is 2.29. The number of phenolic OH excluding ortho intramolecular Hbond substituents is 1. The predicted octanol–water partition coefficient (Wildman–Crippen LogP) is 3.53. The Balaban J connectivity index is 1.89. The molecule has 118 valence electrons. The third-order valence-electron chi connectivity index (χ3n) is 4.52. The molecular weight excluding hydrogens is 308 g/mol. The number of para-hydroxylation sites is 1. The summed E-state index contributed by atoms with van der Waals surface area (Å²) in [5.41, 5.74) is 4.78. The van der Waals surface area contributed by atoms with E-state index in [0.29, 0.717) is 17.3 Å². The van der Waals surface area contributed by atoms with Gasteiger partial charge in [0.2, 0.25) is 0 Å². The maximum atomic E-state index is 10.1. The third-order valence-corrected chi connectivity index (χ3v) is 5.49. The van der Waals surface area contributed by atoms with Crippen LogP contribution >= 0.6 is 11.9 Å². The molecule has 0 amide bonds. The first-order valence-electron chi connectivity index (χ1n) is 7.66. The number of nitrogens with zero attached hydrogens (tertiary/aromatic N) is 3. The lowest BCUT2D eigenvalue weighted by molar-refractivity contribution is 0.364. The Morgan fingerprint density at radius 1 is 1.30 bits per heavy atom. The molecule has 0 unspecified atom stereocenters. The number of aromatic hydroxyl groups is 1. The molecule has 3 aromatic rings. The number of aromatic amines is 1. The lowest BCUT2D eigenvalue weighted by Gasteiger charge is -2.31. The van der Waals surface area contributed by atoms with Crippen LogP contribution in [0.25, 0.3) is 22.3 Å². The summed E-state index contributed by atoms with van der Waals surface area (Å²) in [7, 11) is 0. The van der Waals surface area contributed by atoms with Crippen molar-refractivity contribution in [3.05, 3.63) is 41.6 Å². The highest BCUT2D eigenvalue weighted by Gasteiger charge is 2.28. The quantitative estimate of drug-likeness (QED) is 0.705. The van der Waals surface area contributed by atoms with Crippen molar-refractivity contribution in [2.75, 3.05) is 12.8 Å². The minimum atomic E-state index is 0.226. The van der Waals surface area contributed by atoms with E-state index in [4.69, 9.17) is 0 Å². The second-order valence-corrected chi connectivity index (χ2v) is 6.61. The van der Waals surface area contributed by atoms with Crippen LogP contribution in [-0.4, -0.2) is 37.4 Å². The summed E-state index contributed by atoms with van der Waals surface area (Å²) in [6, 6.07) is 9.59. The van der Waals surface area contributed by atoms with Gasteiger partial charge in [0.05, 0.1) is 5.69 Å². The van der Waals surface area contributed by atoms with Crippen LogP contribution < -0.4 is 0 Å². The van der Waals surface area contributed by atoms with Crippen LogP contribution in [0.15, 0.2) is 30.3 Å². The van der Waals surface area contributed by atoms with Crippen molar-refractivity contribution in [2.24, 2.45) is 0 Å².